The van der Waals surface area contributed by atoms with Crippen LogP contribution in [-0.2, 0) is 0 Å². The number of aliphatic hydroxyl groups excluding tert-OH is 1. The van der Waals surface area contributed by atoms with Crippen molar-refractivity contribution in [3.05, 3.63) is 25.3 Å². The summed E-state index contributed by atoms with van der Waals surface area (Å²) in [6, 6.07) is 6.05. The Bertz CT molecular complexity index is 300. The average molecular weight is 418 g/mol. The molecule has 1 aromatic carbocycles. The van der Waals surface area contributed by atoms with Gasteiger partial charge >= 0.3 is 0 Å². The van der Waals surface area contributed by atoms with E-state index >= 15 is 0 Å². The van der Waals surface area contributed by atoms with Crippen LogP contribution in [0.1, 0.15) is 13.3 Å². The monoisotopic (exact) mass is 418 g/mol. The van der Waals surface area contributed by atoms with E-state index in [1.165, 1.54) is 3.57 Å². The summed E-state index contributed by atoms with van der Waals surface area (Å²) in [5.41, 5.74) is 0. The Hall–Kier alpha value is 0.440. The van der Waals surface area contributed by atoms with Crippen molar-refractivity contribution in [3.63, 3.8) is 0 Å². The Labute approximate surface area is 111 Å². The third-order valence-electron chi connectivity index (χ3n) is 1.69. The van der Waals surface area contributed by atoms with Crippen molar-refractivity contribution in [2.45, 2.75) is 19.4 Å². The van der Waals surface area contributed by atoms with Gasteiger partial charge in [-0.05, 0) is 70.3 Å². The van der Waals surface area contributed by atoms with E-state index in [4.69, 9.17) is 9.84 Å². The Morgan fingerprint density at radius 2 is 2.14 bits per heavy atom. The second-order valence-electron chi connectivity index (χ2n) is 3.06. The van der Waals surface area contributed by atoms with Crippen LogP contribution in [-0.4, -0.2) is 17.8 Å². The van der Waals surface area contributed by atoms with Gasteiger partial charge in [0.2, 0.25) is 0 Å². The van der Waals surface area contributed by atoms with E-state index in [1.807, 2.05) is 12.1 Å². The Morgan fingerprint density at radius 1 is 1.43 bits per heavy atom. The van der Waals surface area contributed by atoms with Gasteiger partial charge in [0.25, 0.3) is 0 Å². The van der Waals surface area contributed by atoms with Gasteiger partial charge in [-0.15, -0.1) is 0 Å². The van der Waals surface area contributed by atoms with Crippen LogP contribution in [0.25, 0.3) is 0 Å². The van der Waals surface area contributed by atoms with Gasteiger partial charge in [0.1, 0.15) is 5.75 Å². The first-order chi connectivity index (χ1) is 6.59. The van der Waals surface area contributed by atoms with Crippen LogP contribution in [0.4, 0.5) is 0 Å². The van der Waals surface area contributed by atoms with Crippen LogP contribution in [0.5, 0.6) is 5.75 Å². The molecule has 0 saturated heterocycles. The first-order valence-corrected chi connectivity index (χ1v) is 6.51. The minimum absolute atomic E-state index is 0.295. The highest BCUT2D eigenvalue weighted by Crippen LogP contribution is 2.22. The molecule has 2 nitrogen and oxygen atoms in total. The van der Waals surface area contributed by atoms with E-state index in [2.05, 4.69) is 51.2 Å². The van der Waals surface area contributed by atoms with Crippen molar-refractivity contribution in [2.24, 2.45) is 0 Å². The first-order valence-electron chi connectivity index (χ1n) is 4.35. The summed E-state index contributed by atoms with van der Waals surface area (Å²) in [7, 11) is 0. The number of halogens is 2. The first kappa shape index (κ1) is 12.5. The van der Waals surface area contributed by atoms with Crippen LogP contribution >= 0.6 is 45.2 Å². The molecule has 0 heterocycles. The second kappa shape index (κ2) is 6.12. The lowest BCUT2D eigenvalue weighted by Gasteiger charge is -2.09. The smallest absolute Gasteiger partial charge is 0.132 e. The lowest BCUT2D eigenvalue weighted by Crippen LogP contribution is -2.07. The van der Waals surface area contributed by atoms with E-state index in [9.17, 15) is 0 Å². The lowest BCUT2D eigenvalue weighted by molar-refractivity contribution is 0.155. The summed E-state index contributed by atoms with van der Waals surface area (Å²) in [6.45, 7) is 2.33. The molecule has 78 valence electrons. The van der Waals surface area contributed by atoms with Gasteiger partial charge in [-0.3, -0.25) is 0 Å². The molecule has 0 spiro atoms. The predicted molar refractivity (Wildman–Crippen MR) is 73.7 cm³/mol. The summed E-state index contributed by atoms with van der Waals surface area (Å²) >= 11 is 4.52. The van der Waals surface area contributed by atoms with Crippen molar-refractivity contribution in [2.75, 3.05) is 6.61 Å². The maximum atomic E-state index is 9.06. The normalized spacial score (nSPS) is 12.6. The highest BCUT2D eigenvalue weighted by Gasteiger charge is 2.02. The molecule has 1 rings (SSSR count). The molecule has 1 N–H and O–H groups in total. The Kier molecular flexibility index (Phi) is 5.47. The number of hydrogen-bond acceptors (Lipinski definition) is 2. The molecule has 0 amide bonds. The van der Waals surface area contributed by atoms with Gasteiger partial charge in [-0.2, -0.15) is 0 Å². The number of aliphatic hydroxyl groups is 1. The minimum Gasteiger partial charge on any atom is -0.492 e. The van der Waals surface area contributed by atoms with Gasteiger partial charge in [0.05, 0.1) is 16.3 Å². The molecule has 0 aromatic heterocycles. The van der Waals surface area contributed by atoms with E-state index in [0.29, 0.717) is 13.0 Å². The molecule has 0 aliphatic carbocycles. The van der Waals surface area contributed by atoms with Crippen molar-refractivity contribution in [1.82, 2.24) is 0 Å². The molecule has 0 aliphatic rings. The Morgan fingerprint density at radius 3 is 2.71 bits per heavy atom. The molecule has 1 atom stereocenters. The molecular weight excluding hydrogens is 406 g/mol. The maximum Gasteiger partial charge on any atom is 0.132 e. The largest absolute Gasteiger partial charge is 0.492 e. The summed E-state index contributed by atoms with van der Waals surface area (Å²) in [5, 5.41) is 9.06. The van der Waals surface area contributed by atoms with Crippen molar-refractivity contribution in [1.29, 1.82) is 0 Å². The molecule has 4 heteroatoms. The predicted octanol–water partition coefficient (Wildman–Crippen LogP) is 3.05. The van der Waals surface area contributed by atoms with Crippen LogP contribution in [0.2, 0.25) is 0 Å². The molecule has 0 bridgehead atoms. The van der Waals surface area contributed by atoms with Crippen molar-refractivity contribution >= 4 is 45.2 Å². The van der Waals surface area contributed by atoms with E-state index in [0.717, 1.165) is 9.32 Å². The summed E-state index contributed by atoms with van der Waals surface area (Å²) in [4.78, 5) is 0. The van der Waals surface area contributed by atoms with E-state index in [-0.39, 0.29) is 6.10 Å². The number of hydrogen-bond donors (Lipinski definition) is 1. The van der Waals surface area contributed by atoms with Gasteiger partial charge in [0.15, 0.2) is 0 Å². The van der Waals surface area contributed by atoms with Crippen LogP contribution in [0, 0.1) is 7.14 Å². The second-order valence-corrected chi connectivity index (χ2v) is 5.47. The quantitative estimate of drug-likeness (QED) is 0.763. The zero-order valence-electron chi connectivity index (χ0n) is 7.84. The van der Waals surface area contributed by atoms with Gasteiger partial charge in [-0.25, -0.2) is 0 Å². The van der Waals surface area contributed by atoms with E-state index < -0.39 is 0 Å². The summed E-state index contributed by atoms with van der Waals surface area (Å²) in [6.07, 6.45) is 0.374. The number of rotatable bonds is 4. The van der Waals surface area contributed by atoms with Crippen molar-refractivity contribution in [3.8, 4) is 5.75 Å². The lowest BCUT2D eigenvalue weighted by atomic mass is 10.3. The zero-order valence-corrected chi connectivity index (χ0v) is 12.2. The number of ether oxygens (including phenoxy) is 1. The van der Waals surface area contributed by atoms with Crippen molar-refractivity contribution < 1.29 is 9.84 Å². The molecule has 1 unspecified atom stereocenters. The molecule has 14 heavy (non-hydrogen) atoms. The Balaban J connectivity index is 2.51. The number of benzene rings is 1. The van der Waals surface area contributed by atoms with E-state index in [1.54, 1.807) is 6.92 Å². The molecule has 0 saturated carbocycles. The summed E-state index contributed by atoms with van der Waals surface area (Å²) in [5.74, 6) is 0.895. The standard InChI is InChI=1S/C10H12I2O2/c1-7(13)4-5-14-10-3-2-8(11)6-9(10)12/h2-3,6-7,13H,4-5H2,1H3. The van der Waals surface area contributed by atoms with Crippen LogP contribution < -0.4 is 4.74 Å². The fourth-order valence-electron chi connectivity index (χ4n) is 0.932. The minimum atomic E-state index is -0.295. The van der Waals surface area contributed by atoms with Gasteiger partial charge in [0, 0.05) is 9.99 Å². The highest BCUT2D eigenvalue weighted by atomic mass is 127. The maximum absolute atomic E-state index is 9.06. The molecular formula is C10H12I2O2. The highest BCUT2D eigenvalue weighted by molar-refractivity contribution is 14.1. The molecule has 1 aromatic rings. The van der Waals surface area contributed by atoms with Gasteiger partial charge in [-0.1, -0.05) is 0 Å². The third kappa shape index (κ3) is 4.31. The van der Waals surface area contributed by atoms with Gasteiger partial charge < -0.3 is 9.84 Å². The summed E-state index contributed by atoms with van der Waals surface area (Å²) < 4.78 is 7.85. The molecule has 0 fully saturated rings. The fraction of sp³-hybridized carbons (Fsp3) is 0.400. The van der Waals surface area contributed by atoms with Crippen LogP contribution in [0.15, 0.2) is 18.2 Å². The third-order valence-corrected chi connectivity index (χ3v) is 3.20. The SMILES string of the molecule is CC(O)CCOc1ccc(I)cc1I. The average Bonchev–Trinajstić information content (AvgIpc) is 2.08. The van der Waals surface area contributed by atoms with Crippen LogP contribution in [0.3, 0.4) is 0 Å². The fourth-order valence-corrected chi connectivity index (χ4v) is 2.69. The topological polar surface area (TPSA) is 29.5 Å². The molecule has 0 radical (unpaired) electrons. The molecule has 0 aliphatic heterocycles. The zero-order chi connectivity index (χ0) is 10.6.